The molecule has 8 heteroatoms. The minimum absolute atomic E-state index is 0.0718. The first-order valence-corrected chi connectivity index (χ1v) is 9.66. The number of nitrogens with zero attached hydrogens (tertiary/aromatic N) is 2. The van der Waals surface area contributed by atoms with Gasteiger partial charge in [0, 0.05) is 25.1 Å². The van der Waals surface area contributed by atoms with Gasteiger partial charge in [-0.1, -0.05) is 23.4 Å². The number of nitrogens with one attached hydrogen (secondary N) is 1. The molecule has 1 aliphatic heterocycles. The zero-order chi connectivity index (χ0) is 17.9. The fourth-order valence-electron chi connectivity index (χ4n) is 2.92. The molecule has 1 amide bonds. The molecule has 1 fully saturated rings. The van der Waals surface area contributed by atoms with Crippen LogP contribution < -0.4 is 5.32 Å². The van der Waals surface area contributed by atoms with Crippen LogP contribution in [0.5, 0.6) is 0 Å². The number of piperidine rings is 1. The van der Waals surface area contributed by atoms with Crippen molar-refractivity contribution in [2.75, 3.05) is 13.1 Å². The SMILES string of the molecule is Cc1cc(CNC(=O)C2CCN(S(=O)(=O)c3ccccc3)CC2)no1. The van der Waals surface area contributed by atoms with Crippen LogP contribution in [-0.4, -0.2) is 36.9 Å². The Labute approximate surface area is 147 Å². The van der Waals surface area contributed by atoms with Gasteiger partial charge in [-0.2, -0.15) is 4.31 Å². The van der Waals surface area contributed by atoms with Crippen molar-refractivity contribution in [2.24, 2.45) is 5.92 Å². The summed E-state index contributed by atoms with van der Waals surface area (Å²) < 4.78 is 31.6. The molecule has 0 spiro atoms. The minimum atomic E-state index is -3.48. The molecule has 0 atom stereocenters. The number of amides is 1. The molecule has 1 aromatic carbocycles. The van der Waals surface area contributed by atoms with Crippen molar-refractivity contribution in [1.82, 2.24) is 14.8 Å². The predicted octanol–water partition coefficient (Wildman–Crippen LogP) is 1.70. The van der Waals surface area contributed by atoms with Crippen LogP contribution in [-0.2, 0) is 21.4 Å². The lowest BCUT2D eigenvalue weighted by Crippen LogP contribution is -2.42. The zero-order valence-electron chi connectivity index (χ0n) is 14.0. The summed E-state index contributed by atoms with van der Waals surface area (Å²) in [6, 6.07) is 10.2. The first-order chi connectivity index (χ1) is 12.0. The van der Waals surface area contributed by atoms with Gasteiger partial charge in [0.25, 0.3) is 0 Å². The van der Waals surface area contributed by atoms with E-state index in [9.17, 15) is 13.2 Å². The molecular weight excluding hydrogens is 342 g/mol. The van der Waals surface area contributed by atoms with Crippen LogP contribution in [0.25, 0.3) is 0 Å². The third-order valence-corrected chi connectivity index (χ3v) is 6.24. The molecule has 25 heavy (non-hydrogen) atoms. The van der Waals surface area contributed by atoms with Crippen LogP contribution >= 0.6 is 0 Å². The van der Waals surface area contributed by atoms with E-state index in [1.165, 1.54) is 4.31 Å². The van der Waals surface area contributed by atoms with E-state index >= 15 is 0 Å². The molecule has 7 nitrogen and oxygen atoms in total. The quantitative estimate of drug-likeness (QED) is 0.873. The van der Waals surface area contributed by atoms with Crippen molar-refractivity contribution in [2.45, 2.75) is 31.2 Å². The van der Waals surface area contributed by atoms with Crippen LogP contribution in [0.2, 0.25) is 0 Å². The monoisotopic (exact) mass is 363 g/mol. The predicted molar refractivity (Wildman–Crippen MR) is 91.0 cm³/mol. The smallest absolute Gasteiger partial charge is 0.243 e. The Morgan fingerprint density at radius 1 is 1.28 bits per heavy atom. The van der Waals surface area contributed by atoms with Crippen molar-refractivity contribution in [3.8, 4) is 0 Å². The number of aryl methyl sites for hydroxylation is 1. The van der Waals surface area contributed by atoms with Gasteiger partial charge in [0.15, 0.2) is 0 Å². The van der Waals surface area contributed by atoms with E-state index in [1.807, 2.05) is 0 Å². The minimum Gasteiger partial charge on any atom is -0.361 e. The number of sulfonamides is 1. The average Bonchev–Trinajstić information content (AvgIpc) is 3.06. The van der Waals surface area contributed by atoms with E-state index in [4.69, 9.17) is 4.52 Å². The second-order valence-electron chi connectivity index (χ2n) is 6.14. The summed E-state index contributed by atoms with van der Waals surface area (Å²) in [5, 5.41) is 6.67. The van der Waals surface area contributed by atoms with Crippen molar-refractivity contribution in [3.05, 3.63) is 47.9 Å². The van der Waals surface area contributed by atoms with E-state index < -0.39 is 10.0 Å². The van der Waals surface area contributed by atoms with Gasteiger partial charge < -0.3 is 9.84 Å². The number of hydrogen-bond acceptors (Lipinski definition) is 5. The first kappa shape index (κ1) is 17.6. The molecule has 1 N–H and O–H groups in total. The standard InChI is InChI=1S/C17H21N3O4S/c1-13-11-15(19-24-13)12-18-17(21)14-7-9-20(10-8-14)25(22,23)16-5-3-2-4-6-16/h2-6,11,14H,7-10,12H2,1H3,(H,18,21). The molecule has 2 aromatic rings. The Balaban J connectivity index is 1.54. The summed E-state index contributed by atoms with van der Waals surface area (Å²) >= 11 is 0. The molecular formula is C17H21N3O4S. The molecule has 0 aliphatic carbocycles. The Bertz CT molecular complexity index is 825. The normalized spacial score (nSPS) is 16.7. The number of rotatable bonds is 5. The lowest BCUT2D eigenvalue weighted by Gasteiger charge is -2.30. The number of carbonyl (C=O) groups excluding carboxylic acids is 1. The van der Waals surface area contributed by atoms with Gasteiger partial charge in [-0.15, -0.1) is 0 Å². The average molecular weight is 363 g/mol. The highest BCUT2D eigenvalue weighted by Gasteiger charge is 2.31. The van der Waals surface area contributed by atoms with Crippen LogP contribution in [0.4, 0.5) is 0 Å². The fourth-order valence-corrected chi connectivity index (χ4v) is 4.41. The summed E-state index contributed by atoms with van der Waals surface area (Å²) in [6.45, 7) is 2.80. The number of benzene rings is 1. The Hall–Kier alpha value is -2.19. The molecule has 134 valence electrons. The lowest BCUT2D eigenvalue weighted by atomic mass is 9.97. The third kappa shape index (κ3) is 4.08. The second kappa shape index (κ2) is 7.37. The number of aromatic nitrogens is 1. The van der Waals surface area contributed by atoms with Crippen molar-refractivity contribution in [1.29, 1.82) is 0 Å². The van der Waals surface area contributed by atoms with Crippen molar-refractivity contribution >= 4 is 15.9 Å². The van der Waals surface area contributed by atoms with E-state index in [-0.39, 0.29) is 11.8 Å². The largest absolute Gasteiger partial charge is 0.361 e. The molecule has 1 saturated heterocycles. The van der Waals surface area contributed by atoms with E-state index in [0.717, 1.165) is 0 Å². The number of carbonyl (C=O) groups is 1. The maximum atomic E-state index is 12.6. The van der Waals surface area contributed by atoms with Gasteiger partial charge >= 0.3 is 0 Å². The highest BCUT2D eigenvalue weighted by Crippen LogP contribution is 2.23. The van der Waals surface area contributed by atoms with Gasteiger partial charge in [0.05, 0.1) is 11.4 Å². The summed E-state index contributed by atoms with van der Waals surface area (Å²) in [4.78, 5) is 12.6. The van der Waals surface area contributed by atoms with Gasteiger partial charge in [-0.3, -0.25) is 4.79 Å². The van der Waals surface area contributed by atoms with Gasteiger partial charge in [-0.25, -0.2) is 8.42 Å². The number of hydrogen-bond donors (Lipinski definition) is 1. The third-order valence-electron chi connectivity index (χ3n) is 4.33. The van der Waals surface area contributed by atoms with Crippen LogP contribution in [0.15, 0.2) is 45.8 Å². The van der Waals surface area contributed by atoms with Gasteiger partial charge in [0.1, 0.15) is 11.5 Å². The molecule has 2 heterocycles. The molecule has 3 rings (SSSR count). The molecule has 0 radical (unpaired) electrons. The lowest BCUT2D eigenvalue weighted by molar-refractivity contribution is -0.126. The second-order valence-corrected chi connectivity index (χ2v) is 8.08. The molecule has 1 aliphatic rings. The van der Waals surface area contributed by atoms with Crippen LogP contribution in [0, 0.1) is 12.8 Å². The maximum absolute atomic E-state index is 12.6. The van der Waals surface area contributed by atoms with Crippen molar-refractivity contribution < 1.29 is 17.7 Å². The summed E-state index contributed by atoms with van der Waals surface area (Å²) in [6.07, 6.45) is 1.02. The van der Waals surface area contributed by atoms with E-state index in [1.54, 1.807) is 43.3 Å². The Morgan fingerprint density at radius 3 is 2.56 bits per heavy atom. The Morgan fingerprint density at radius 2 is 1.96 bits per heavy atom. The summed E-state index contributed by atoms with van der Waals surface area (Å²) in [5.41, 5.74) is 0.676. The van der Waals surface area contributed by atoms with E-state index in [2.05, 4.69) is 10.5 Å². The fraction of sp³-hybridized carbons (Fsp3) is 0.412. The highest BCUT2D eigenvalue weighted by molar-refractivity contribution is 7.89. The summed E-state index contributed by atoms with van der Waals surface area (Å²) in [7, 11) is -3.48. The molecule has 0 saturated carbocycles. The Kier molecular flexibility index (Phi) is 5.19. The first-order valence-electron chi connectivity index (χ1n) is 8.22. The van der Waals surface area contributed by atoms with Crippen LogP contribution in [0.1, 0.15) is 24.3 Å². The molecule has 0 unspecified atom stereocenters. The van der Waals surface area contributed by atoms with Gasteiger partial charge in [0.2, 0.25) is 15.9 Å². The zero-order valence-corrected chi connectivity index (χ0v) is 14.8. The maximum Gasteiger partial charge on any atom is 0.243 e. The topological polar surface area (TPSA) is 92.5 Å². The molecule has 0 bridgehead atoms. The highest BCUT2D eigenvalue weighted by atomic mass is 32.2. The molecule has 1 aromatic heterocycles. The van der Waals surface area contributed by atoms with Crippen LogP contribution in [0.3, 0.4) is 0 Å². The van der Waals surface area contributed by atoms with E-state index in [0.29, 0.717) is 48.8 Å². The summed E-state index contributed by atoms with van der Waals surface area (Å²) in [5.74, 6) is 0.441. The van der Waals surface area contributed by atoms with Gasteiger partial charge in [-0.05, 0) is 31.9 Å². The van der Waals surface area contributed by atoms with Crippen molar-refractivity contribution in [3.63, 3.8) is 0 Å².